The molecule has 0 aliphatic carbocycles. The molecule has 3 atom stereocenters. The molecular weight excluding hydrogens is 262 g/mol. The van der Waals surface area contributed by atoms with Crippen molar-refractivity contribution in [2.75, 3.05) is 12.3 Å². The van der Waals surface area contributed by atoms with Crippen LogP contribution in [-0.2, 0) is 4.74 Å². The van der Waals surface area contributed by atoms with Crippen molar-refractivity contribution in [3.8, 4) is 0 Å². The first kappa shape index (κ1) is 13.0. The van der Waals surface area contributed by atoms with Crippen molar-refractivity contribution in [1.82, 2.24) is 9.55 Å². The van der Waals surface area contributed by atoms with Gasteiger partial charge in [-0.1, -0.05) is 18.2 Å². The van der Waals surface area contributed by atoms with Gasteiger partial charge in [-0.2, -0.15) is 4.98 Å². The Labute approximate surface area is 107 Å². The summed E-state index contributed by atoms with van der Waals surface area (Å²) in [4.78, 5) is 15.2. The predicted octanol–water partition coefficient (Wildman–Crippen LogP) is -0.714. The molecule has 1 aliphatic heterocycles. The number of nitrogen functional groups attached to an aromatic ring is 1. The van der Waals surface area contributed by atoms with E-state index in [1.165, 1.54) is 6.20 Å². The molecule has 98 valence electrons. The minimum Gasteiger partial charge on any atom is -0.394 e. The van der Waals surface area contributed by atoms with E-state index in [1.54, 1.807) is 0 Å². The minimum atomic E-state index is -1.05. The zero-order valence-corrected chi connectivity index (χ0v) is 10.0. The fourth-order valence-corrected chi connectivity index (χ4v) is 1.87. The summed E-state index contributed by atoms with van der Waals surface area (Å²) in [6, 6.07) is 0. The average Bonchev–Trinajstić information content (AvgIpc) is 2.61. The first-order chi connectivity index (χ1) is 8.45. The first-order valence-electron chi connectivity index (χ1n) is 5.13. The van der Waals surface area contributed by atoms with Crippen LogP contribution in [0.5, 0.6) is 0 Å². The van der Waals surface area contributed by atoms with Crippen molar-refractivity contribution in [1.29, 1.82) is 0 Å². The highest BCUT2D eigenvalue weighted by molar-refractivity contribution is 6.32. The number of hydrogen-bond donors (Lipinski definition) is 3. The third-order valence-electron chi connectivity index (χ3n) is 2.72. The van der Waals surface area contributed by atoms with Gasteiger partial charge in [-0.15, -0.1) is 0 Å². The lowest BCUT2D eigenvalue weighted by molar-refractivity contribution is -0.0447. The monoisotopic (exact) mass is 273 g/mol. The van der Waals surface area contributed by atoms with Crippen LogP contribution in [0.2, 0.25) is 5.02 Å². The van der Waals surface area contributed by atoms with Crippen molar-refractivity contribution in [3.63, 3.8) is 0 Å². The van der Waals surface area contributed by atoms with Gasteiger partial charge >= 0.3 is 5.69 Å². The van der Waals surface area contributed by atoms with E-state index in [2.05, 4.69) is 11.6 Å². The molecule has 1 unspecified atom stereocenters. The quantitative estimate of drug-likeness (QED) is 0.614. The Morgan fingerprint density at radius 2 is 2.33 bits per heavy atom. The molecule has 0 bridgehead atoms. The lowest BCUT2D eigenvalue weighted by Crippen LogP contribution is -2.28. The van der Waals surface area contributed by atoms with Gasteiger partial charge in [-0.05, 0) is 0 Å². The van der Waals surface area contributed by atoms with E-state index in [0.717, 1.165) is 4.57 Å². The first-order valence-corrected chi connectivity index (χ1v) is 5.50. The van der Waals surface area contributed by atoms with Crippen LogP contribution in [-0.4, -0.2) is 38.6 Å². The minimum absolute atomic E-state index is 0.0826. The van der Waals surface area contributed by atoms with Crippen LogP contribution in [0.4, 0.5) is 5.82 Å². The number of aliphatic hydroxyl groups is 2. The van der Waals surface area contributed by atoms with E-state index in [0.29, 0.717) is 0 Å². The molecule has 1 aliphatic rings. The van der Waals surface area contributed by atoms with Crippen LogP contribution in [0, 0.1) is 0 Å². The maximum absolute atomic E-state index is 11.7. The number of halogens is 1. The maximum atomic E-state index is 11.7. The van der Waals surface area contributed by atoms with Crippen molar-refractivity contribution in [2.24, 2.45) is 0 Å². The molecule has 0 radical (unpaired) electrons. The second-order valence-electron chi connectivity index (χ2n) is 3.89. The highest BCUT2D eigenvalue weighted by atomic mass is 35.5. The number of anilines is 1. The van der Waals surface area contributed by atoms with Gasteiger partial charge in [0.15, 0.2) is 6.23 Å². The average molecular weight is 274 g/mol. The number of rotatable bonds is 2. The number of aromatic nitrogens is 2. The van der Waals surface area contributed by atoms with Gasteiger partial charge in [-0.25, -0.2) is 4.79 Å². The Kier molecular flexibility index (Phi) is 3.40. The van der Waals surface area contributed by atoms with Crippen LogP contribution in [0.3, 0.4) is 0 Å². The van der Waals surface area contributed by atoms with Crippen LogP contribution in [0.1, 0.15) is 6.23 Å². The molecule has 0 aromatic carbocycles. The SMILES string of the molecule is C=C1C(n2cc(Cl)c(N)nc2=O)O[C@H](CO)[C@@H]1O. The van der Waals surface area contributed by atoms with E-state index >= 15 is 0 Å². The second kappa shape index (κ2) is 4.69. The zero-order chi connectivity index (χ0) is 13.4. The molecule has 1 aromatic heterocycles. The molecule has 1 saturated heterocycles. The Hall–Kier alpha value is -1.41. The summed E-state index contributed by atoms with van der Waals surface area (Å²) in [5.41, 5.74) is 4.97. The fraction of sp³-hybridized carbons (Fsp3) is 0.400. The van der Waals surface area contributed by atoms with Gasteiger partial charge in [0.1, 0.15) is 18.0 Å². The fourth-order valence-electron chi connectivity index (χ4n) is 1.72. The number of nitrogens with two attached hydrogens (primary N) is 1. The normalized spacial score (nSPS) is 27.7. The van der Waals surface area contributed by atoms with Crippen molar-refractivity contribution in [3.05, 3.63) is 33.9 Å². The zero-order valence-electron chi connectivity index (χ0n) is 9.28. The van der Waals surface area contributed by atoms with Crippen LogP contribution < -0.4 is 11.4 Å². The third-order valence-corrected chi connectivity index (χ3v) is 3.01. The van der Waals surface area contributed by atoms with Gasteiger partial charge in [0.2, 0.25) is 0 Å². The van der Waals surface area contributed by atoms with Crippen LogP contribution in [0.15, 0.2) is 23.1 Å². The van der Waals surface area contributed by atoms with E-state index < -0.39 is 24.1 Å². The lowest BCUT2D eigenvalue weighted by Gasteiger charge is -2.15. The Balaban J connectivity index is 2.42. The van der Waals surface area contributed by atoms with E-state index in [1.807, 2.05) is 0 Å². The number of hydrogen-bond acceptors (Lipinski definition) is 6. The molecule has 1 aromatic rings. The summed E-state index contributed by atoms with van der Waals surface area (Å²) < 4.78 is 6.39. The van der Waals surface area contributed by atoms with Gasteiger partial charge in [0.25, 0.3) is 0 Å². The Morgan fingerprint density at radius 3 is 2.89 bits per heavy atom. The van der Waals surface area contributed by atoms with Crippen LogP contribution in [0.25, 0.3) is 0 Å². The Bertz CT molecular complexity index is 544. The predicted molar refractivity (Wildman–Crippen MR) is 64.1 cm³/mol. The van der Waals surface area contributed by atoms with Gasteiger partial charge in [-0.3, -0.25) is 4.57 Å². The highest BCUT2D eigenvalue weighted by Gasteiger charge is 2.38. The van der Waals surface area contributed by atoms with E-state index in [9.17, 15) is 9.90 Å². The molecule has 18 heavy (non-hydrogen) atoms. The molecule has 7 nitrogen and oxygen atoms in total. The van der Waals surface area contributed by atoms with Crippen molar-refractivity contribution in [2.45, 2.75) is 18.4 Å². The van der Waals surface area contributed by atoms with E-state index in [4.69, 9.17) is 27.2 Å². The summed E-state index contributed by atoms with van der Waals surface area (Å²) in [7, 11) is 0. The summed E-state index contributed by atoms with van der Waals surface area (Å²) >= 11 is 5.77. The van der Waals surface area contributed by atoms with Gasteiger partial charge in [0.05, 0.1) is 11.6 Å². The van der Waals surface area contributed by atoms with E-state index in [-0.39, 0.29) is 23.0 Å². The molecular formula is C10H12ClN3O4. The number of aliphatic hydroxyl groups excluding tert-OH is 2. The second-order valence-corrected chi connectivity index (χ2v) is 4.30. The molecule has 2 heterocycles. The Morgan fingerprint density at radius 1 is 1.67 bits per heavy atom. The third kappa shape index (κ3) is 2.01. The molecule has 0 saturated carbocycles. The lowest BCUT2D eigenvalue weighted by atomic mass is 10.1. The number of nitrogens with zero attached hydrogens (tertiary/aromatic N) is 2. The summed E-state index contributed by atoms with van der Waals surface area (Å²) in [6.45, 7) is 3.25. The summed E-state index contributed by atoms with van der Waals surface area (Å²) in [5, 5.41) is 18.8. The summed E-state index contributed by atoms with van der Waals surface area (Å²) in [6.07, 6.45) is -1.54. The van der Waals surface area contributed by atoms with Crippen molar-refractivity contribution < 1.29 is 14.9 Å². The van der Waals surface area contributed by atoms with Crippen molar-refractivity contribution >= 4 is 17.4 Å². The largest absolute Gasteiger partial charge is 0.394 e. The molecule has 0 amide bonds. The number of ether oxygens (including phenoxy) is 1. The highest BCUT2D eigenvalue weighted by Crippen LogP contribution is 2.32. The van der Waals surface area contributed by atoms with Gasteiger partial charge in [0, 0.05) is 11.8 Å². The maximum Gasteiger partial charge on any atom is 0.351 e. The molecule has 0 spiro atoms. The topological polar surface area (TPSA) is 111 Å². The molecule has 2 rings (SSSR count). The smallest absolute Gasteiger partial charge is 0.351 e. The van der Waals surface area contributed by atoms with Crippen LogP contribution >= 0.6 is 11.6 Å². The molecule has 1 fully saturated rings. The molecule has 4 N–H and O–H groups in total. The van der Waals surface area contributed by atoms with Gasteiger partial charge < -0.3 is 20.7 Å². The molecule has 8 heteroatoms. The summed E-state index contributed by atoms with van der Waals surface area (Å²) in [5.74, 6) is -0.0826. The standard InChI is InChI=1S/C10H12ClN3O4/c1-4-7(16)6(3-15)18-9(4)14-2-5(11)8(12)13-10(14)17/h2,6-7,9,15-16H,1,3H2,(H2,12,13,17)/t6-,7-,9?/m1/s1.